The zero-order valence-electron chi connectivity index (χ0n) is 8.33. The zero-order valence-corrected chi connectivity index (χ0v) is 8.33. The molecule has 0 N–H and O–H groups in total. The molecule has 0 amide bonds. The molecular weight excluding hydrogens is 168 g/mol. The third-order valence-electron chi connectivity index (χ3n) is 2.27. The van der Waals surface area contributed by atoms with E-state index in [1.54, 1.807) is 0 Å². The maximum absolute atomic E-state index is 3.29. The van der Waals surface area contributed by atoms with Gasteiger partial charge in [0.15, 0.2) is 0 Å². The lowest BCUT2D eigenvalue weighted by Crippen LogP contribution is -1.87. The summed E-state index contributed by atoms with van der Waals surface area (Å²) in [5.74, 6) is 0. The predicted molar refractivity (Wildman–Crippen MR) is 59.3 cm³/mol. The minimum Gasteiger partial charge on any atom is -0.0622 e. The highest BCUT2D eigenvalue weighted by Gasteiger charge is 1.94. The van der Waals surface area contributed by atoms with Gasteiger partial charge >= 0.3 is 0 Å². The van der Waals surface area contributed by atoms with Crippen molar-refractivity contribution in [2.24, 2.45) is 0 Å². The lowest BCUT2D eigenvalue weighted by Gasteiger charge is -2.01. The monoisotopic (exact) mass is 181 g/mol. The smallest absolute Gasteiger partial charge is 0.00196 e. The molecule has 0 unspecified atom stereocenters. The summed E-state index contributed by atoms with van der Waals surface area (Å²) in [5.41, 5.74) is 3.86. The van der Waals surface area contributed by atoms with Gasteiger partial charge < -0.3 is 0 Å². The number of hydrogen-bond donors (Lipinski definition) is 0. The highest BCUT2D eigenvalue weighted by molar-refractivity contribution is 5.27. The molecule has 0 spiro atoms. The third kappa shape index (κ3) is 2.23. The summed E-state index contributed by atoms with van der Waals surface area (Å²) >= 11 is 0. The Balaban J connectivity index is 2.16. The molecule has 0 saturated carbocycles. The first kappa shape index (κ1) is 9.01. The third-order valence-corrected chi connectivity index (χ3v) is 2.27. The second kappa shape index (κ2) is 4.10. The molecule has 0 bridgehead atoms. The Kier molecular flexibility index (Phi) is 2.64. The van der Waals surface area contributed by atoms with Gasteiger partial charge in [-0.15, -0.1) is 0 Å². The fraction of sp³-hybridized carbons (Fsp3) is 0.143. The van der Waals surface area contributed by atoms with Crippen LogP contribution >= 0.6 is 0 Å². The Bertz CT molecular complexity index is 384. The van der Waals surface area contributed by atoms with Gasteiger partial charge in [0.2, 0.25) is 0 Å². The second-order valence-corrected chi connectivity index (χ2v) is 3.55. The molecule has 0 heterocycles. The topological polar surface area (TPSA) is 0 Å². The van der Waals surface area contributed by atoms with E-state index in [1.807, 2.05) is 12.1 Å². The molecule has 1 radical (unpaired) electrons. The first-order chi connectivity index (χ1) is 6.84. The van der Waals surface area contributed by atoms with Crippen LogP contribution in [-0.4, -0.2) is 0 Å². The maximum atomic E-state index is 3.29. The van der Waals surface area contributed by atoms with Crippen LogP contribution in [0.2, 0.25) is 0 Å². The van der Waals surface area contributed by atoms with Gasteiger partial charge in [-0.3, -0.25) is 0 Å². The molecular formula is C14H13. The van der Waals surface area contributed by atoms with Crippen LogP contribution < -0.4 is 0 Å². The van der Waals surface area contributed by atoms with E-state index < -0.39 is 0 Å². The molecule has 2 aromatic carbocycles. The summed E-state index contributed by atoms with van der Waals surface area (Å²) in [6, 6.07) is 20.1. The normalized spacial score (nSPS) is 10.1. The van der Waals surface area contributed by atoms with Gasteiger partial charge in [0.25, 0.3) is 0 Å². The van der Waals surface area contributed by atoms with Crippen molar-refractivity contribution in [2.45, 2.75) is 13.3 Å². The van der Waals surface area contributed by atoms with Crippen LogP contribution in [0.15, 0.2) is 48.5 Å². The zero-order chi connectivity index (χ0) is 9.80. The Labute approximate surface area is 85.2 Å². The average Bonchev–Trinajstić information content (AvgIpc) is 2.23. The molecule has 0 aliphatic carbocycles. The van der Waals surface area contributed by atoms with Gasteiger partial charge in [-0.2, -0.15) is 0 Å². The van der Waals surface area contributed by atoms with Crippen LogP contribution in [0, 0.1) is 13.0 Å². The summed E-state index contributed by atoms with van der Waals surface area (Å²) in [6.45, 7) is 2.09. The summed E-state index contributed by atoms with van der Waals surface area (Å²) < 4.78 is 0. The molecule has 0 aliphatic heterocycles. The van der Waals surface area contributed by atoms with Crippen LogP contribution in [0.3, 0.4) is 0 Å². The van der Waals surface area contributed by atoms with Crippen LogP contribution in [0.25, 0.3) is 0 Å². The van der Waals surface area contributed by atoms with E-state index in [0.717, 1.165) is 6.42 Å². The van der Waals surface area contributed by atoms with Gasteiger partial charge in [-0.25, -0.2) is 0 Å². The van der Waals surface area contributed by atoms with E-state index in [4.69, 9.17) is 0 Å². The molecule has 14 heavy (non-hydrogen) atoms. The Morgan fingerprint density at radius 1 is 1.00 bits per heavy atom. The van der Waals surface area contributed by atoms with E-state index >= 15 is 0 Å². The van der Waals surface area contributed by atoms with Gasteiger partial charge in [-0.05, 0) is 30.5 Å². The van der Waals surface area contributed by atoms with Crippen LogP contribution in [0.1, 0.15) is 16.7 Å². The highest BCUT2D eigenvalue weighted by atomic mass is 14.0. The van der Waals surface area contributed by atoms with Crippen molar-refractivity contribution < 1.29 is 0 Å². The van der Waals surface area contributed by atoms with Crippen molar-refractivity contribution in [3.63, 3.8) is 0 Å². The predicted octanol–water partition coefficient (Wildman–Crippen LogP) is 3.39. The average molecular weight is 181 g/mol. The number of rotatable bonds is 2. The van der Waals surface area contributed by atoms with Crippen molar-refractivity contribution >= 4 is 0 Å². The number of hydrogen-bond acceptors (Lipinski definition) is 0. The van der Waals surface area contributed by atoms with Crippen molar-refractivity contribution in [1.29, 1.82) is 0 Å². The molecule has 2 aromatic rings. The molecule has 0 atom stereocenters. The van der Waals surface area contributed by atoms with Crippen LogP contribution in [0.4, 0.5) is 0 Å². The summed E-state index contributed by atoms with van der Waals surface area (Å²) in [6.07, 6.45) is 0.973. The maximum Gasteiger partial charge on any atom is -0.00196 e. The van der Waals surface area contributed by atoms with Crippen molar-refractivity contribution in [1.82, 2.24) is 0 Å². The highest BCUT2D eigenvalue weighted by Crippen LogP contribution is 2.09. The summed E-state index contributed by atoms with van der Waals surface area (Å²) in [7, 11) is 0. The Morgan fingerprint density at radius 3 is 2.43 bits per heavy atom. The summed E-state index contributed by atoms with van der Waals surface area (Å²) in [5, 5.41) is 0. The Hall–Kier alpha value is -1.56. The number of benzene rings is 2. The second-order valence-electron chi connectivity index (χ2n) is 3.55. The lowest BCUT2D eigenvalue weighted by molar-refractivity contribution is 1.18. The molecule has 0 nitrogen and oxygen atoms in total. The molecule has 69 valence electrons. The van der Waals surface area contributed by atoms with Crippen LogP contribution in [0.5, 0.6) is 0 Å². The minimum absolute atomic E-state index is 0.973. The van der Waals surface area contributed by atoms with Gasteiger partial charge in [0, 0.05) is 0 Å². The lowest BCUT2D eigenvalue weighted by atomic mass is 10.0. The SMILES string of the molecule is Cc1c[c]c(Cc2ccccc2)cc1. The summed E-state index contributed by atoms with van der Waals surface area (Å²) in [4.78, 5) is 0. The van der Waals surface area contributed by atoms with Crippen LogP contribution in [-0.2, 0) is 6.42 Å². The quantitative estimate of drug-likeness (QED) is 0.666. The van der Waals surface area contributed by atoms with E-state index in [9.17, 15) is 0 Å². The van der Waals surface area contributed by atoms with Crippen molar-refractivity contribution in [2.75, 3.05) is 0 Å². The van der Waals surface area contributed by atoms with Crippen molar-refractivity contribution in [3.8, 4) is 0 Å². The molecule has 0 aliphatic rings. The molecule has 0 heteroatoms. The first-order valence-corrected chi connectivity index (χ1v) is 4.86. The van der Waals surface area contributed by atoms with E-state index in [2.05, 4.69) is 49.4 Å². The van der Waals surface area contributed by atoms with Gasteiger partial charge in [-0.1, -0.05) is 54.1 Å². The standard InChI is InChI=1S/C14H13/c1-12-7-9-14(10-8-12)11-13-5-3-2-4-6-13/h2-9H,11H2,1H3. The number of aryl methyl sites for hydroxylation is 1. The molecule has 0 saturated heterocycles. The molecule has 2 rings (SSSR count). The fourth-order valence-corrected chi connectivity index (χ4v) is 1.46. The van der Waals surface area contributed by atoms with E-state index in [0.29, 0.717) is 0 Å². The first-order valence-electron chi connectivity index (χ1n) is 4.86. The van der Waals surface area contributed by atoms with E-state index in [1.165, 1.54) is 16.7 Å². The minimum atomic E-state index is 0.973. The van der Waals surface area contributed by atoms with Crippen molar-refractivity contribution in [3.05, 3.63) is 71.3 Å². The largest absolute Gasteiger partial charge is 0.0622 e. The fourth-order valence-electron chi connectivity index (χ4n) is 1.46. The Morgan fingerprint density at radius 2 is 1.79 bits per heavy atom. The van der Waals surface area contributed by atoms with Gasteiger partial charge in [0.1, 0.15) is 0 Å². The molecule has 0 aromatic heterocycles. The van der Waals surface area contributed by atoms with Gasteiger partial charge in [0.05, 0.1) is 0 Å². The molecule has 0 fully saturated rings. The van der Waals surface area contributed by atoms with E-state index in [-0.39, 0.29) is 0 Å².